The van der Waals surface area contributed by atoms with Crippen molar-refractivity contribution in [2.45, 2.75) is 0 Å². The Kier molecular flexibility index (Phi) is 2.90. The Hall–Kier alpha value is -2.00. The summed E-state index contributed by atoms with van der Waals surface area (Å²) in [6, 6.07) is 12.9. The maximum absolute atomic E-state index is 14.1. The topological polar surface area (TPSA) is 12.9 Å². The van der Waals surface area contributed by atoms with Crippen molar-refractivity contribution in [1.82, 2.24) is 4.98 Å². The fraction of sp³-hybridized carbons (Fsp3) is 0. The highest BCUT2D eigenvalue weighted by atomic mass is 32.1. The van der Waals surface area contributed by atoms with Gasteiger partial charge in [-0.15, -0.1) is 11.3 Å². The van der Waals surface area contributed by atoms with E-state index in [1.54, 1.807) is 35.9 Å². The van der Waals surface area contributed by atoms with Gasteiger partial charge in [0.15, 0.2) is 0 Å². The first kappa shape index (κ1) is 11.1. The summed E-state index contributed by atoms with van der Waals surface area (Å²) in [4.78, 5) is 5.09. The number of halogens is 1. The molecule has 0 saturated heterocycles. The van der Waals surface area contributed by atoms with Crippen molar-refractivity contribution < 1.29 is 4.39 Å². The SMILES string of the molecule is Fc1cc(-c2cccs2)ccc1-c1cccnc1. The number of hydrogen-bond acceptors (Lipinski definition) is 2. The molecule has 0 fully saturated rings. The fourth-order valence-electron chi connectivity index (χ4n) is 1.87. The maximum atomic E-state index is 14.1. The molecule has 0 bridgehead atoms. The highest BCUT2D eigenvalue weighted by Crippen LogP contribution is 2.29. The zero-order valence-corrected chi connectivity index (χ0v) is 10.3. The minimum absolute atomic E-state index is 0.214. The molecular weight excluding hydrogens is 245 g/mol. The second-order valence-electron chi connectivity index (χ2n) is 3.91. The van der Waals surface area contributed by atoms with Crippen LogP contribution in [-0.4, -0.2) is 4.98 Å². The van der Waals surface area contributed by atoms with Gasteiger partial charge in [0.25, 0.3) is 0 Å². The third-order valence-corrected chi connectivity index (χ3v) is 3.67. The molecule has 0 N–H and O–H groups in total. The van der Waals surface area contributed by atoms with Gasteiger partial charge in [-0.05, 0) is 29.1 Å². The predicted octanol–water partition coefficient (Wildman–Crippen LogP) is 4.62. The smallest absolute Gasteiger partial charge is 0.131 e. The van der Waals surface area contributed by atoms with E-state index in [0.717, 1.165) is 16.0 Å². The Bertz CT molecular complexity index is 648. The quantitative estimate of drug-likeness (QED) is 0.651. The first-order valence-electron chi connectivity index (χ1n) is 5.58. The van der Waals surface area contributed by atoms with Crippen LogP contribution in [0.15, 0.2) is 60.2 Å². The third kappa shape index (κ3) is 2.05. The number of thiophene rings is 1. The van der Waals surface area contributed by atoms with Gasteiger partial charge in [0.1, 0.15) is 5.82 Å². The molecule has 0 atom stereocenters. The van der Waals surface area contributed by atoms with Crippen LogP contribution in [0.3, 0.4) is 0 Å². The molecule has 0 radical (unpaired) electrons. The van der Waals surface area contributed by atoms with Crippen LogP contribution in [-0.2, 0) is 0 Å². The van der Waals surface area contributed by atoms with Gasteiger partial charge < -0.3 is 0 Å². The van der Waals surface area contributed by atoms with Crippen molar-refractivity contribution in [3.05, 3.63) is 66.1 Å². The van der Waals surface area contributed by atoms with E-state index in [2.05, 4.69) is 4.98 Å². The normalized spacial score (nSPS) is 10.5. The largest absolute Gasteiger partial charge is 0.264 e. The van der Waals surface area contributed by atoms with E-state index >= 15 is 0 Å². The molecule has 2 heterocycles. The molecule has 0 aliphatic carbocycles. The monoisotopic (exact) mass is 255 g/mol. The van der Waals surface area contributed by atoms with Crippen LogP contribution < -0.4 is 0 Å². The average Bonchev–Trinajstić information content (AvgIpc) is 2.93. The molecule has 3 rings (SSSR count). The molecule has 0 aliphatic heterocycles. The Labute approximate surface area is 109 Å². The highest BCUT2D eigenvalue weighted by Gasteiger charge is 2.07. The Morgan fingerprint density at radius 2 is 1.94 bits per heavy atom. The van der Waals surface area contributed by atoms with Crippen molar-refractivity contribution in [3.63, 3.8) is 0 Å². The highest BCUT2D eigenvalue weighted by molar-refractivity contribution is 7.13. The van der Waals surface area contributed by atoms with Crippen molar-refractivity contribution in [3.8, 4) is 21.6 Å². The molecule has 88 valence electrons. The zero-order chi connectivity index (χ0) is 12.4. The van der Waals surface area contributed by atoms with Gasteiger partial charge in [-0.1, -0.05) is 24.3 Å². The molecule has 0 spiro atoms. The lowest BCUT2D eigenvalue weighted by Crippen LogP contribution is -1.86. The van der Waals surface area contributed by atoms with Crippen LogP contribution in [0.4, 0.5) is 4.39 Å². The van der Waals surface area contributed by atoms with Gasteiger partial charge in [0.2, 0.25) is 0 Å². The fourth-order valence-corrected chi connectivity index (χ4v) is 2.59. The van der Waals surface area contributed by atoms with Crippen LogP contribution in [0.25, 0.3) is 21.6 Å². The minimum Gasteiger partial charge on any atom is -0.264 e. The summed E-state index contributed by atoms with van der Waals surface area (Å²) in [7, 11) is 0. The molecule has 0 aliphatic rings. The van der Waals surface area contributed by atoms with E-state index in [0.29, 0.717) is 5.56 Å². The summed E-state index contributed by atoms with van der Waals surface area (Å²) in [5.74, 6) is -0.214. The Morgan fingerprint density at radius 1 is 1.00 bits per heavy atom. The lowest BCUT2D eigenvalue weighted by Gasteiger charge is -2.05. The maximum Gasteiger partial charge on any atom is 0.131 e. The van der Waals surface area contributed by atoms with Crippen LogP contribution in [0.5, 0.6) is 0 Å². The molecule has 1 nitrogen and oxygen atoms in total. The van der Waals surface area contributed by atoms with Gasteiger partial charge in [-0.25, -0.2) is 4.39 Å². The van der Waals surface area contributed by atoms with Gasteiger partial charge >= 0.3 is 0 Å². The molecule has 1 aromatic carbocycles. The van der Waals surface area contributed by atoms with Crippen LogP contribution in [0, 0.1) is 5.82 Å². The van der Waals surface area contributed by atoms with E-state index in [-0.39, 0.29) is 5.82 Å². The summed E-state index contributed by atoms with van der Waals surface area (Å²) in [6.45, 7) is 0. The molecule has 0 unspecified atom stereocenters. The number of pyridine rings is 1. The second-order valence-corrected chi connectivity index (χ2v) is 4.86. The standard InChI is InChI=1S/C15H10FNS/c16-14-9-11(15-4-2-8-18-15)5-6-13(14)12-3-1-7-17-10-12/h1-10H. The van der Waals surface area contributed by atoms with E-state index < -0.39 is 0 Å². The lowest BCUT2D eigenvalue weighted by atomic mass is 10.0. The Morgan fingerprint density at radius 3 is 2.61 bits per heavy atom. The average molecular weight is 255 g/mol. The summed E-state index contributed by atoms with van der Waals surface area (Å²) in [6.07, 6.45) is 3.35. The van der Waals surface area contributed by atoms with Crippen LogP contribution in [0.2, 0.25) is 0 Å². The van der Waals surface area contributed by atoms with Crippen molar-refractivity contribution >= 4 is 11.3 Å². The van der Waals surface area contributed by atoms with E-state index in [1.165, 1.54) is 0 Å². The number of benzene rings is 1. The number of rotatable bonds is 2. The summed E-state index contributed by atoms with van der Waals surface area (Å²) >= 11 is 1.61. The van der Waals surface area contributed by atoms with Gasteiger partial charge in [-0.2, -0.15) is 0 Å². The minimum atomic E-state index is -0.214. The van der Waals surface area contributed by atoms with Gasteiger partial charge in [0.05, 0.1) is 0 Å². The molecule has 3 aromatic rings. The number of hydrogen-bond donors (Lipinski definition) is 0. The molecule has 2 aromatic heterocycles. The predicted molar refractivity (Wildman–Crippen MR) is 72.9 cm³/mol. The van der Waals surface area contributed by atoms with Gasteiger partial charge in [-0.3, -0.25) is 4.98 Å². The van der Waals surface area contributed by atoms with Crippen LogP contribution >= 0.6 is 11.3 Å². The lowest BCUT2D eigenvalue weighted by molar-refractivity contribution is 0.632. The summed E-state index contributed by atoms with van der Waals surface area (Å²) < 4.78 is 14.1. The van der Waals surface area contributed by atoms with Crippen molar-refractivity contribution in [2.75, 3.05) is 0 Å². The van der Waals surface area contributed by atoms with Gasteiger partial charge in [0, 0.05) is 28.4 Å². The molecule has 18 heavy (non-hydrogen) atoms. The third-order valence-electron chi connectivity index (χ3n) is 2.75. The Balaban J connectivity index is 2.05. The zero-order valence-electron chi connectivity index (χ0n) is 9.51. The number of nitrogens with zero attached hydrogens (tertiary/aromatic N) is 1. The van der Waals surface area contributed by atoms with E-state index in [1.807, 2.05) is 35.7 Å². The first-order valence-corrected chi connectivity index (χ1v) is 6.46. The van der Waals surface area contributed by atoms with E-state index in [9.17, 15) is 4.39 Å². The van der Waals surface area contributed by atoms with E-state index in [4.69, 9.17) is 0 Å². The molecule has 0 saturated carbocycles. The second kappa shape index (κ2) is 4.70. The van der Waals surface area contributed by atoms with Crippen molar-refractivity contribution in [1.29, 1.82) is 0 Å². The summed E-state index contributed by atoms with van der Waals surface area (Å²) in [5, 5.41) is 1.99. The van der Waals surface area contributed by atoms with Crippen molar-refractivity contribution in [2.24, 2.45) is 0 Å². The first-order chi connectivity index (χ1) is 8.84. The molecule has 0 amide bonds. The number of aromatic nitrogens is 1. The van der Waals surface area contributed by atoms with Crippen LogP contribution in [0.1, 0.15) is 0 Å². The molecular formula is C15H10FNS. The summed E-state index contributed by atoms with van der Waals surface area (Å²) in [5.41, 5.74) is 2.30. The molecule has 3 heteroatoms.